The Balaban J connectivity index is 1.57. The van der Waals surface area contributed by atoms with E-state index in [2.05, 4.69) is 35.8 Å². The van der Waals surface area contributed by atoms with Crippen LogP contribution in [0.2, 0.25) is 0 Å². The minimum atomic E-state index is -0.0177. The number of rotatable bonds is 10. The van der Waals surface area contributed by atoms with Crippen LogP contribution in [0.4, 0.5) is 0 Å². The molecule has 3 rings (SSSR count). The van der Waals surface area contributed by atoms with Gasteiger partial charge in [-0.05, 0) is 43.0 Å². The lowest BCUT2D eigenvalue weighted by Crippen LogP contribution is -2.44. The molecule has 0 bridgehead atoms. The maximum atomic E-state index is 9.41. The van der Waals surface area contributed by atoms with E-state index in [1.54, 1.807) is 0 Å². The first-order chi connectivity index (χ1) is 14.7. The summed E-state index contributed by atoms with van der Waals surface area (Å²) in [6.07, 6.45) is 1.70. The van der Waals surface area contributed by atoms with Crippen LogP contribution in [-0.2, 0) is 17.9 Å². The van der Waals surface area contributed by atoms with Gasteiger partial charge in [0.25, 0.3) is 0 Å². The molecule has 1 fully saturated rings. The van der Waals surface area contributed by atoms with Crippen LogP contribution >= 0.6 is 0 Å². The summed E-state index contributed by atoms with van der Waals surface area (Å²) in [6, 6.07) is 18.2. The van der Waals surface area contributed by atoms with E-state index in [4.69, 9.17) is 14.5 Å². The first-order valence-corrected chi connectivity index (χ1v) is 10.7. The van der Waals surface area contributed by atoms with Crippen molar-refractivity contribution in [3.63, 3.8) is 0 Å². The second-order valence-electron chi connectivity index (χ2n) is 7.75. The number of benzene rings is 2. The smallest absolute Gasteiger partial charge is 0.191 e. The summed E-state index contributed by atoms with van der Waals surface area (Å²) in [7, 11) is 0. The fourth-order valence-electron chi connectivity index (χ4n) is 3.57. The molecule has 1 atom stereocenters. The molecule has 0 aromatic heterocycles. The molecule has 1 aliphatic rings. The third-order valence-corrected chi connectivity index (χ3v) is 5.37. The topological polar surface area (TPSA) is 75.1 Å². The van der Waals surface area contributed by atoms with Crippen molar-refractivity contribution in [1.82, 2.24) is 10.6 Å². The van der Waals surface area contributed by atoms with Crippen molar-refractivity contribution in [2.75, 3.05) is 32.9 Å². The molecule has 1 unspecified atom stereocenters. The number of aliphatic imine (C=N–C) groups is 1. The monoisotopic (exact) mass is 411 g/mol. The van der Waals surface area contributed by atoms with Gasteiger partial charge in [-0.2, -0.15) is 0 Å². The van der Waals surface area contributed by atoms with E-state index in [0.717, 1.165) is 55.4 Å². The molecule has 0 spiro atoms. The lowest BCUT2D eigenvalue weighted by atomic mass is 9.84. The van der Waals surface area contributed by atoms with Crippen LogP contribution < -0.4 is 15.4 Å². The lowest BCUT2D eigenvalue weighted by Gasteiger charge is -2.27. The second kappa shape index (κ2) is 11.6. The van der Waals surface area contributed by atoms with E-state index in [-0.39, 0.29) is 12.0 Å². The molecule has 0 radical (unpaired) electrons. The fraction of sp³-hybridized carbons (Fsp3) is 0.458. The minimum absolute atomic E-state index is 0.0177. The van der Waals surface area contributed by atoms with Gasteiger partial charge in [0.05, 0.1) is 13.2 Å². The van der Waals surface area contributed by atoms with Gasteiger partial charge in [0.15, 0.2) is 5.96 Å². The Labute approximate surface area is 179 Å². The van der Waals surface area contributed by atoms with Crippen LogP contribution in [-0.4, -0.2) is 44.0 Å². The van der Waals surface area contributed by atoms with E-state index < -0.39 is 0 Å². The molecule has 1 saturated heterocycles. The molecule has 0 aliphatic carbocycles. The van der Waals surface area contributed by atoms with Gasteiger partial charge < -0.3 is 25.2 Å². The number of aliphatic hydroxyl groups excluding tert-OH is 1. The Kier molecular flexibility index (Phi) is 8.53. The number of nitrogens with zero attached hydrogens (tertiary/aromatic N) is 1. The van der Waals surface area contributed by atoms with Crippen LogP contribution in [0.15, 0.2) is 59.6 Å². The molecule has 1 aliphatic heterocycles. The van der Waals surface area contributed by atoms with Crippen LogP contribution in [0, 0.1) is 5.41 Å². The number of guanidine groups is 1. The predicted octanol–water partition coefficient (Wildman–Crippen LogP) is 3.11. The summed E-state index contributed by atoms with van der Waals surface area (Å²) in [5.74, 6) is 1.62. The summed E-state index contributed by atoms with van der Waals surface area (Å²) < 4.78 is 11.5. The van der Waals surface area contributed by atoms with Gasteiger partial charge in [-0.15, -0.1) is 0 Å². The van der Waals surface area contributed by atoms with Crippen molar-refractivity contribution in [1.29, 1.82) is 0 Å². The number of aliphatic hydroxyl groups is 1. The first kappa shape index (κ1) is 22.1. The van der Waals surface area contributed by atoms with E-state index in [9.17, 15) is 5.11 Å². The molecule has 162 valence electrons. The number of ether oxygens (including phenoxy) is 2. The van der Waals surface area contributed by atoms with Crippen LogP contribution in [0.1, 0.15) is 30.9 Å². The Bertz CT molecular complexity index is 789. The Hall–Kier alpha value is -2.57. The Morgan fingerprint density at radius 2 is 1.97 bits per heavy atom. The molecule has 6 nitrogen and oxygen atoms in total. The summed E-state index contributed by atoms with van der Waals surface area (Å²) in [4.78, 5) is 4.73. The molecule has 2 aromatic rings. The first-order valence-electron chi connectivity index (χ1n) is 10.7. The summed E-state index contributed by atoms with van der Waals surface area (Å²) in [5, 5.41) is 16.2. The maximum absolute atomic E-state index is 9.41. The van der Waals surface area contributed by atoms with Gasteiger partial charge in [0.1, 0.15) is 12.4 Å². The highest BCUT2D eigenvalue weighted by Gasteiger charge is 2.34. The zero-order chi connectivity index (χ0) is 21.1. The third-order valence-electron chi connectivity index (χ3n) is 5.37. The largest absolute Gasteiger partial charge is 0.489 e. The highest BCUT2D eigenvalue weighted by molar-refractivity contribution is 5.79. The average Bonchev–Trinajstić information content (AvgIpc) is 3.24. The van der Waals surface area contributed by atoms with Gasteiger partial charge in [0, 0.05) is 31.7 Å². The van der Waals surface area contributed by atoms with Crippen molar-refractivity contribution in [2.24, 2.45) is 10.4 Å². The summed E-state index contributed by atoms with van der Waals surface area (Å²) >= 11 is 0. The number of hydrogen-bond acceptors (Lipinski definition) is 4. The highest BCUT2D eigenvalue weighted by atomic mass is 16.5. The maximum Gasteiger partial charge on any atom is 0.191 e. The third kappa shape index (κ3) is 6.75. The standard InChI is InChI=1S/C24H33N3O3/c1-2-25-23(27-18-24(11-13-28)12-14-29-19-24)26-16-21-9-6-10-22(15-21)30-17-20-7-4-3-5-8-20/h3-10,15,28H,2,11-14,16-19H2,1H3,(H2,25,26,27). The van der Waals surface area contributed by atoms with E-state index in [0.29, 0.717) is 19.8 Å². The zero-order valence-corrected chi connectivity index (χ0v) is 17.8. The number of hydrogen-bond donors (Lipinski definition) is 3. The molecule has 0 saturated carbocycles. The fourth-order valence-corrected chi connectivity index (χ4v) is 3.57. The van der Waals surface area contributed by atoms with Gasteiger partial charge >= 0.3 is 0 Å². The molecule has 3 N–H and O–H groups in total. The van der Waals surface area contributed by atoms with Gasteiger partial charge in [-0.1, -0.05) is 42.5 Å². The normalized spacial score (nSPS) is 18.9. The number of nitrogens with one attached hydrogen (secondary N) is 2. The van der Waals surface area contributed by atoms with E-state index >= 15 is 0 Å². The average molecular weight is 412 g/mol. The molecule has 6 heteroatoms. The van der Waals surface area contributed by atoms with Crippen LogP contribution in [0.25, 0.3) is 0 Å². The highest BCUT2D eigenvalue weighted by Crippen LogP contribution is 2.31. The van der Waals surface area contributed by atoms with Gasteiger partial charge in [-0.3, -0.25) is 0 Å². The lowest BCUT2D eigenvalue weighted by molar-refractivity contribution is 0.127. The van der Waals surface area contributed by atoms with Crippen LogP contribution in [0.5, 0.6) is 5.75 Å². The Morgan fingerprint density at radius 1 is 1.13 bits per heavy atom. The van der Waals surface area contributed by atoms with Crippen molar-refractivity contribution in [3.05, 3.63) is 65.7 Å². The van der Waals surface area contributed by atoms with E-state index in [1.165, 1.54) is 0 Å². The quantitative estimate of drug-likeness (QED) is 0.414. The van der Waals surface area contributed by atoms with Crippen molar-refractivity contribution >= 4 is 5.96 Å². The van der Waals surface area contributed by atoms with Crippen LogP contribution in [0.3, 0.4) is 0 Å². The molecule has 0 amide bonds. The van der Waals surface area contributed by atoms with Crippen molar-refractivity contribution in [2.45, 2.75) is 32.9 Å². The summed E-state index contributed by atoms with van der Waals surface area (Å²) in [6.45, 7) is 6.29. The molecular formula is C24H33N3O3. The van der Waals surface area contributed by atoms with Crippen molar-refractivity contribution in [3.8, 4) is 5.75 Å². The molecule has 2 aromatic carbocycles. The predicted molar refractivity (Wildman–Crippen MR) is 120 cm³/mol. The van der Waals surface area contributed by atoms with Crippen molar-refractivity contribution < 1.29 is 14.6 Å². The molecular weight excluding hydrogens is 378 g/mol. The van der Waals surface area contributed by atoms with Gasteiger partial charge in [-0.25, -0.2) is 4.99 Å². The summed E-state index contributed by atoms with van der Waals surface area (Å²) in [5.41, 5.74) is 2.22. The van der Waals surface area contributed by atoms with Gasteiger partial charge in [0.2, 0.25) is 0 Å². The molecule has 30 heavy (non-hydrogen) atoms. The molecule has 1 heterocycles. The van der Waals surface area contributed by atoms with E-state index in [1.807, 2.05) is 36.4 Å². The SMILES string of the molecule is CCNC(=NCc1cccc(OCc2ccccc2)c1)NCC1(CCO)CCOC1. The Morgan fingerprint density at radius 3 is 2.70 bits per heavy atom. The minimum Gasteiger partial charge on any atom is -0.489 e. The second-order valence-corrected chi connectivity index (χ2v) is 7.75. The zero-order valence-electron chi connectivity index (χ0n) is 17.8.